The number of rotatable bonds is 4. The van der Waals surface area contributed by atoms with Crippen LogP contribution in [0.1, 0.15) is 15.9 Å². The van der Waals surface area contributed by atoms with Crippen molar-refractivity contribution in [2.75, 3.05) is 31.1 Å². The maximum absolute atomic E-state index is 14.4. The van der Waals surface area contributed by atoms with Gasteiger partial charge in [-0.15, -0.1) is 0 Å². The first-order valence-electron chi connectivity index (χ1n) is 8.50. The number of halogens is 2. The number of carboxylic acid groups (broad SMARTS) is 1. The number of amides is 2. The van der Waals surface area contributed by atoms with E-state index in [0.717, 1.165) is 6.07 Å². The Balaban J connectivity index is 1.90. The highest BCUT2D eigenvalue weighted by atomic mass is 35.5. The number of piperazine rings is 1. The standard InChI is InChI=1S/C19H19ClFN3O3/c20-15-3-5-16(6-4-15)24(19(27)23-9-7-22-8-10-23)12-14-2-1-13(18(25)26)11-17(14)21/h1-6,11,22H,7-10,12H2,(H,25,26). The molecule has 27 heavy (non-hydrogen) atoms. The van der Waals surface area contributed by atoms with Gasteiger partial charge >= 0.3 is 12.0 Å². The Morgan fingerprint density at radius 3 is 2.41 bits per heavy atom. The predicted octanol–water partition coefficient (Wildman–Crippen LogP) is 3.21. The van der Waals surface area contributed by atoms with E-state index in [1.165, 1.54) is 17.0 Å². The van der Waals surface area contributed by atoms with E-state index in [0.29, 0.717) is 36.9 Å². The molecule has 0 saturated carbocycles. The Morgan fingerprint density at radius 2 is 1.81 bits per heavy atom. The van der Waals surface area contributed by atoms with Gasteiger partial charge in [-0.2, -0.15) is 0 Å². The first kappa shape index (κ1) is 19.1. The maximum Gasteiger partial charge on any atom is 0.335 e. The molecule has 3 rings (SSSR count). The fourth-order valence-electron chi connectivity index (χ4n) is 2.90. The number of hydrogen-bond donors (Lipinski definition) is 2. The number of aromatic carboxylic acids is 1. The van der Waals surface area contributed by atoms with Gasteiger partial charge in [0, 0.05) is 42.5 Å². The van der Waals surface area contributed by atoms with Gasteiger partial charge in [0.2, 0.25) is 0 Å². The molecule has 0 bridgehead atoms. The van der Waals surface area contributed by atoms with Crippen molar-refractivity contribution in [2.24, 2.45) is 0 Å². The van der Waals surface area contributed by atoms with Gasteiger partial charge in [-0.25, -0.2) is 14.0 Å². The van der Waals surface area contributed by atoms with E-state index in [-0.39, 0.29) is 23.7 Å². The second kappa shape index (κ2) is 8.37. The summed E-state index contributed by atoms with van der Waals surface area (Å²) in [4.78, 5) is 27.2. The summed E-state index contributed by atoms with van der Waals surface area (Å²) < 4.78 is 14.4. The average Bonchev–Trinajstić information content (AvgIpc) is 2.68. The molecule has 8 heteroatoms. The molecule has 1 saturated heterocycles. The first-order chi connectivity index (χ1) is 13.0. The lowest BCUT2D eigenvalue weighted by atomic mass is 10.1. The Hall–Kier alpha value is -2.64. The van der Waals surface area contributed by atoms with Crippen LogP contribution in [0.25, 0.3) is 0 Å². The highest BCUT2D eigenvalue weighted by molar-refractivity contribution is 6.30. The van der Waals surface area contributed by atoms with Crippen molar-refractivity contribution in [3.63, 3.8) is 0 Å². The summed E-state index contributed by atoms with van der Waals surface area (Å²) in [5.41, 5.74) is 0.686. The van der Waals surface area contributed by atoms with E-state index in [2.05, 4.69) is 5.32 Å². The lowest BCUT2D eigenvalue weighted by Crippen LogP contribution is -2.51. The molecular formula is C19H19ClFN3O3. The number of benzene rings is 2. The Labute approximate surface area is 161 Å². The molecule has 0 unspecified atom stereocenters. The van der Waals surface area contributed by atoms with Crippen LogP contribution in [0.3, 0.4) is 0 Å². The van der Waals surface area contributed by atoms with E-state index >= 15 is 0 Å². The molecule has 6 nitrogen and oxygen atoms in total. The van der Waals surface area contributed by atoms with Crippen LogP contribution in [0.5, 0.6) is 0 Å². The molecule has 0 aromatic heterocycles. The monoisotopic (exact) mass is 391 g/mol. The van der Waals surface area contributed by atoms with Crippen molar-refractivity contribution in [3.8, 4) is 0 Å². The van der Waals surface area contributed by atoms with E-state index in [1.54, 1.807) is 29.2 Å². The number of nitrogens with one attached hydrogen (secondary N) is 1. The number of nitrogens with zero attached hydrogens (tertiary/aromatic N) is 2. The zero-order valence-corrected chi connectivity index (χ0v) is 15.2. The summed E-state index contributed by atoms with van der Waals surface area (Å²) in [6.07, 6.45) is 0. The van der Waals surface area contributed by atoms with Crippen LogP contribution in [0.2, 0.25) is 5.02 Å². The Morgan fingerprint density at radius 1 is 1.15 bits per heavy atom. The van der Waals surface area contributed by atoms with Gasteiger partial charge in [-0.1, -0.05) is 17.7 Å². The van der Waals surface area contributed by atoms with Crippen molar-refractivity contribution in [1.29, 1.82) is 0 Å². The molecular weight excluding hydrogens is 373 g/mol. The van der Waals surface area contributed by atoms with Gasteiger partial charge in [-0.3, -0.25) is 4.90 Å². The quantitative estimate of drug-likeness (QED) is 0.839. The third kappa shape index (κ3) is 4.56. The second-order valence-electron chi connectivity index (χ2n) is 6.19. The number of hydrogen-bond acceptors (Lipinski definition) is 3. The molecule has 0 aliphatic carbocycles. The van der Waals surface area contributed by atoms with E-state index in [9.17, 15) is 14.0 Å². The summed E-state index contributed by atoms with van der Waals surface area (Å²) in [7, 11) is 0. The summed E-state index contributed by atoms with van der Waals surface area (Å²) in [6.45, 7) is 2.49. The zero-order chi connectivity index (χ0) is 19.4. The van der Waals surface area contributed by atoms with Crippen molar-refractivity contribution < 1.29 is 19.1 Å². The molecule has 0 spiro atoms. The fraction of sp³-hybridized carbons (Fsp3) is 0.263. The van der Waals surface area contributed by atoms with Gasteiger partial charge < -0.3 is 15.3 Å². The highest BCUT2D eigenvalue weighted by Gasteiger charge is 2.25. The Kier molecular flexibility index (Phi) is 5.93. The summed E-state index contributed by atoms with van der Waals surface area (Å²) in [5.74, 6) is -1.87. The van der Waals surface area contributed by atoms with E-state index < -0.39 is 11.8 Å². The van der Waals surface area contributed by atoms with Gasteiger partial charge in [0.05, 0.1) is 12.1 Å². The summed E-state index contributed by atoms with van der Waals surface area (Å²) >= 11 is 5.94. The van der Waals surface area contributed by atoms with E-state index in [4.69, 9.17) is 16.7 Å². The minimum Gasteiger partial charge on any atom is -0.478 e. The molecule has 1 aliphatic heterocycles. The topological polar surface area (TPSA) is 72.9 Å². The van der Waals surface area contributed by atoms with Crippen molar-refractivity contribution in [3.05, 3.63) is 64.4 Å². The second-order valence-corrected chi connectivity index (χ2v) is 6.63. The van der Waals surface area contributed by atoms with Crippen molar-refractivity contribution in [1.82, 2.24) is 10.2 Å². The first-order valence-corrected chi connectivity index (χ1v) is 8.88. The summed E-state index contributed by atoms with van der Waals surface area (Å²) in [6, 6.07) is 10.2. The van der Waals surface area contributed by atoms with Crippen molar-refractivity contribution in [2.45, 2.75) is 6.54 Å². The van der Waals surface area contributed by atoms with Crippen LogP contribution in [0.15, 0.2) is 42.5 Å². The molecule has 2 N–H and O–H groups in total. The Bertz CT molecular complexity index is 839. The number of urea groups is 1. The number of carboxylic acids is 1. The van der Waals surface area contributed by atoms with Gasteiger partial charge in [0.1, 0.15) is 5.82 Å². The maximum atomic E-state index is 14.4. The van der Waals surface area contributed by atoms with Crippen LogP contribution in [-0.4, -0.2) is 48.2 Å². The molecule has 0 radical (unpaired) electrons. The van der Waals surface area contributed by atoms with Gasteiger partial charge in [0.25, 0.3) is 0 Å². The third-order valence-electron chi connectivity index (χ3n) is 4.39. The molecule has 1 heterocycles. The smallest absolute Gasteiger partial charge is 0.335 e. The third-order valence-corrected chi connectivity index (χ3v) is 4.64. The van der Waals surface area contributed by atoms with Crippen LogP contribution in [-0.2, 0) is 6.54 Å². The predicted molar refractivity (Wildman–Crippen MR) is 101 cm³/mol. The largest absolute Gasteiger partial charge is 0.478 e. The highest BCUT2D eigenvalue weighted by Crippen LogP contribution is 2.23. The number of carbonyl (C=O) groups excluding carboxylic acids is 1. The van der Waals surface area contributed by atoms with Crippen LogP contribution >= 0.6 is 11.6 Å². The normalized spacial score (nSPS) is 14.1. The molecule has 0 atom stereocenters. The van der Waals surface area contributed by atoms with Crippen LogP contribution < -0.4 is 10.2 Å². The summed E-state index contributed by atoms with van der Waals surface area (Å²) in [5, 5.41) is 12.7. The van der Waals surface area contributed by atoms with Gasteiger partial charge in [-0.05, 0) is 36.4 Å². The number of carbonyl (C=O) groups is 2. The molecule has 1 aliphatic rings. The molecule has 142 valence electrons. The minimum atomic E-state index is -1.20. The molecule has 2 aromatic carbocycles. The molecule has 2 amide bonds. The fourth-order valence-corrected chi connectivity index (χ4v) is 3.02. The van der Waals surface area contributed by atoms with Gasteiger partial charge in [0.15, 0.2) is 0 Å². The SMILES string of the molecule is O=C(O)c1ccc(CN(C(=O)N2CCNCC2)c2ccc(Cl)cc2)c(F)c1. The molecule has 1 fully saturated rings. The molecule has 2 aromatic rings. The zero-order valence-electron chi connectivity index (χ0n) is 14.5. The van der Waals surface area contributed by atoms with Crippen LogP contribution in [0, 0.1) is 5.82 Å². The minimum absolute atomic E-state index is 0.0177. The van der Waals surface area contributed by atoms with Crippen molar-refractivity contribution >= 4 is 29.3 Å². The lowest BCUT2D eigenvalue weighted by Gasteiger charge is -2.33. The van der Waals surface area contributed by atoms with E-state index in [1.807, 2.05) is 0 Å². The lowest BCUT2D eigenvalue weighted by molar-refractivity contribution is 0.0696. The average molecular weight is 392 g/mol. The van der Waals surface area contributed by atoms with Crippen LogP contribution in [0.4, 0.5) is 14.9 Å². The number of anilines is 1.